The van der Waals surface area contributed by atoms with Crippen molar-refractivity contribution in [3.05, 3.63) is 0 Å². The maximum absolute atomic E-state index is 11.5. The maximum atomic E-state index is 11.5. The van der Waals surface area contributed by atoms with Gasteiger partial charge in [-0.2, -0.15) is 0 Å². The minimum Gasteiger partial charge on any atom is -0.351 e. The molecule has 16 heavy (non-hydrogen) atoms. The molecule has 1 saturated heterocycles. The van der Waals surface area contributed by atoms with E-state index in [0.717, 1.165) is 25.6 Å². The molecule has 2 aliphatic rings. The smallest absolute Gasteiger partial charge is 0.236 e. The van der Waals surface area contributed by atoms with Gasteiger partial charge in [0, 0.05) is 25.2 Å². The predicted octanol–water partition coefficient (Wildman–Crippen LogP) is 0.467. The summed E-state index contributed by atoms with van der Waals surface area (Å²) in [6.45, 7) is 3.89. The molecule has 0 aromatic rings. The third-order valence-electron chi connectivity index (χ3n) is 3.82. The van der Waals surface area contributed by atoms with Crippen LogP contribution < -0.4 is 11.1 Å². The molecule has 1 unspecified atom stereocenters. The summed E-state index contributed by atoms with van der Waals surface area (Å²) in [6.07, 6.45) is 6.51. The molecule has 2 atom stereocenters. The van der Waals surface area contributed by atoms with Gasteiger partial charge >= 0.3 is 0 Å². The highest BCUT2D eigenvalue weighted by Gasteiger charge is 2.30. The Balaban J connectivity index is 1.76. The quantitative estimate of drug-likeness (QED) is 0.734. The van der Waals surface area contributed by atoms with Gasteiger partial charge in [-0.25, -0.2) is 0 Å². The number of carbonyl (C=O) groups is 1. The van der Waals surface area contributed by atoms with Gasteiger partial charge in [0.05, 0.1) is 6.04 Å². The molecule has 4 nitrogen and oxygen atoms in total. The van der Waals surface area contributed by atoms with Crippen LogP contribution in [0.2, 0.25) is 0 Å². The van der Waals surface area contributed by atoms with Crippen molar-refractivity contribution in [3.63, 3.8) is 0 Å². The third-order valence-corrected chi connectivity index (χ3v) is 3.82. The number of hydrogen-bond donors (Lipinski definition) is 2. The Bertz CT molecular complexity index is 249. The Labute approximate surface area is 97.6 Å². The van der Waals surface area contributed by atoms with E-state index in [1.165, 1.54) is 25.7 Å². The first-order valence-electron chi connectivity index (χ1n) is 6.47. The van der Waals surface area contributed by atoms with E-state index in [9.17, 15) is 4.79 Å². The molecule has 0 bridgehead atoms. The summed E-state index contributed by atoms with van der Waals surface area (Å²) in [5.74, 6) is -0.0155. The Morgan fingerprint density at radius 2 is 2.06 bits per heavy atom. The standard InChI is InChI=1S/C12H23N3O/c1-9(13)12(16)14-10-6-7-15(8-10)11-4-2-3-5-11/h9-11H,2-8,13H2,1H3,(H,14,16)/t9-,10?/m1/s1. The van der Waals surface area contributed by atoms with Gasteiger partial charge < -0.3 is 11.1 Å². The fourth-order valence-electron chi connectivity index (χ4n) is 2.84. The zero-order valence-corrected chi connectivity index (χ0v) is 10.1. The van der Waals surface area contributed by atoms with Crippen LogP contribution >= 0.6 is 0 Å². The first-order valence-corrected chi connectivity index (χ1v) is 6.47. The van der Waals surface area contributed by atoms with Crippen LogP contribution in [0, 0.1) is 0 Å². The lowest BCUT2D eigenvalue weighted by Gasteiger charge is -2.23. The van der Waals surface area contributed by atoms with E-state index in [1.54, 1.807) is 6.92 Å². The number of nitrogens with one attached hydrogen (secondary N) is 1. The molecule has 3 N–H and O–H groups in total. The summed E-state index contributed by atoms with van der Waals surface area (Å²) in [6, 6.07) is 0.705. The lowest BCUT2D eigenvalue weighted by Crippen LogP contribution is -2.45. The molecular weight excluding hydrogens is 202 g/mol. The highest BCUT2D eigenvalue weighted by molar-refractivity contribution is 5.81. The highest BCUT2D eigenvalue weighted by Crippen LogP contribution is 2.26. The van der Waals surface area contributed by atoms with Crippen molar-refractivity contribution >= 4 is 5.91 Å². The Morgan fingerprint density at radius 1 is 1.38 bits per heavy atom. The number of carbonyl (C=O) groups excluding carboxylic acids is 1. The zero-order chi connectivity index (χ0) is 11.5. The minimum atomic E-state index is -0.388. The third kappa shape index (κ3) is 2.74. The Kier molecular flexibility index (Phi) is 3.82. The van der Waals surface area contributed by atoms with Crippen LogP contribution in [0.15, 0.2) is 0 Å². The molecule has 1 aliphatic heterocycles. The van der Waals surface area contributed by atoms with Gasteiger partial charge in [0.1, 0.15) is 0 Å². The summed E-state index contributed by atoms with van der Waals surface area (Å²) in [4.78, 5) is 14.0. The van der Waals surface area contributed by atoms with E-state index in [1.807, 2.05) is 0 Å². The van der Waals surface area contributed by atoms with Crippen LogP contribution in [0.1, 0.15) is 39.0 Å². The lowest BCUT2D eigenvalue weighted by molar-refractivity contribution is -0.122. The van der Waals surface area contributed by atoms with Crippen LogP contribution in [0.5, 0.6) is 0 Å². The summed E-state index contributed by atoms with van der Waals surface area (Å²) in [7, 11) is 0. The van der Waals surface area contributed by atoms with Gasteiger partial charge in [0.25, 0.3) is 0 Å². The van der Waals surface area contributed by atoms with E-state index in [-0.39, 0.29) is 11.9 Å². The molecule has 2 rings (SSSR count). The van der Waals surface area contributed by atoms with Gasteiger partial charge in [-0.15, -0.1) is 0 Å². The van der Waals surface area contributed by atoms with Crippen molar-refractivity contribution in [3.8, 4) is 0 Å². The number of likely N-dealkylation sites (tertiary alicyclic amines) is 1. The first-order chi connectivity index (χ1) is 7.66. The Morgan fingerprint density at radius 3 is 2.69 bits per heavy atom. The van der Waals surface area contributed by atoms with E-state index in [2.05, 4.69) is 10.2 Å². The monoisotopic (exact) mass is 225 g/mol. The SMILES string of the molecule is C[C@@H](N)C(=O)NC1CCN(C2CCCC2)C1. The molecule has 1 heterocycles. The van der Waals surface area contributed by atoms with Gasteiger partial charge in [-0.1, -0.05) is 12.8 Å². The summed E-state index contributed by atoms with van der Waals surface area (Å²) >= 11 is 0. The van der Waals surface area contributed by atoms with Crippen LogP contribution in [0.4, 0.5) is 0 Å². The molecule has 1 saturated carbocycles. The number of hydrogen-bond acceptors (Lipinski definition) is 3. The van der Waals surface area contributed by atoms with Crippen molar-refractivity contribution < 1.29 is 4.79 Å². The second-order valence-electron chi connectivity index (χ2n) is 5.22. The molecule has 0 aromatic carbocycles. The van der Waals surface area contributed by atoms with Crippen molar-refractivity contribution in [1.82, 2.24) is 10.2 Å². The fraction of sp³-hybridized carbons (Fsp3) is 0.917. The molecule has 0 radical (unpaired) electrons. The van der Waals surface area contributed by atoms with Crippen LogP contribution in [0.3, 0.4) is 0 Å². The fourth-order valence-corrected chi connectivity index (χ4v) is 2.84. The van der Waals surface area contributed by atoms with Gasteiger partial charge in [0.2, 0.25) is 5.91 Å². The lowest BCUT2D eigenvalue weighted by atomic mass is 10.2. The average Bonchev–Trinajstić information content (AvgIpc) is 2.85. The molecule has 1 aliphatic carbocycles. The van der Waals surface area contributed by atoms with Gasteiger partial charge in [-0.3, -0.25) is 9.69 Å². The molecule has 92 valence electrons. The van der Waals surface area contributed by atoms with Crippen LogP contribution in [-0.2, 0) is 4.79 Å². The topological polar surface area (TPSA) is 58.4 Å². The van der Waals surface area contributed by atoms with Crippen molar-refractivity contribution in [2.24, 2.45) is 5.73 Å². The first kappa shape index (κ1) is 11.9. The van der Waals surface area contributed by atoms with Gasteiger partial charge in [0.15, 0.2) is 0 Å². The maximum Gasteiger partial charge on any atom is 0.236 e. The van der Waals surface area contributed by atoms with Gasteiger partial charge in [-0.05, 0) is 26.2 Å². The Hall–Kier alpha value is -0.610. The molecule has 4 heteroatoms. The van der Waals surface area contributed by atoms with Crippen LogP contribution in [-0.4, -0.2) is 42.0 Å². The van der Waals surface area contributed by atoms with Crippen molar-refractivity contribution in [2.45, 2.75) is 57.2 Å². The van der Waals surface area contributed by atoms with Crippen LogP contribution in [0.25, 0.3) is 0 Å². The largest absolute Gasteiger partial charge is 0.351 e. The van der Waals surface area contributed by atoms with E-state index in [0.29, 0.717) is 6.04 Å². The molecule has 0 spiro atoms. The van der Waals surface area contributed by atoms with Crippen molar-refractivity contribution in [2.75, 3.05) is 13.1 Å². The molecule has 2 fully saturated rings. The number of nitrogens with two attached hydrogens (primary N) is 1. The van der Waals surface area contributed by atoms with E-state index >= 15 is 0 Å². The predicted molar refractivity (Wildman–Crippen MR) is 64.0 cm³/mol. The van der Waals surface area contributed by atoms with E-state index < -0.39 is 0 Å². The second kappa shape index (κ2) is 5.15. The normalized spacial score (nSPS) is 29.5. The zero-order valence-electron chi connectivity index (χ0n) is 10.1. The number of rotatable bonds is 3. The molecule has 1 amide bonds. The van der Waals surface area contributed by atoms with E-state index in [4.69, 9.17) is 5.73 Å². The number of nitrogens with zero attached hydrogens (tertiary/aromatic N) is 1. The molecule has 0 aromatic heterocycles. The minimum absolute atomic E-state index is 0.0155. The average molecular weight is 225 g/mol. The van der Waals surface area contributed by atoms with Crippen molar-refractivity contribution in [1.29, 1.82) is 0 Å². The number of amides is 1. The summed E-state index contributed by atoms with van der Waals surface area (Å²) in [5, 5.41) is 3.03. The second-order valence-corrected chi connectivity index (χ2v) is 5.22. The summed E-state index contributed by atoms with van der Waals surface area (Å²) < 4.78 is 0. The highest BCUT2D eigenvalue weighted by atomic mass is 16.2. The summed E-state index contributed by atoms with van der Waals surface area (Å²) in [5.41, 5.74) is 5.55. The molecular formula is C12H23N3O.